The average Bonchev–Trinajstić information content (AvgIpc) is 3.33. The molecule has 256 valence electrons. The van der Waals surface area contributed by atoms with Crippen molar-refractivity contribution in [2.75, 3.05) is 33.5 Å². The molecule has 0 bridgehead atoms. The van der Waals surface area contributed by atoms with Crippen LogP contribution in [0.4, 0.5) is 19.7 Å². The van der Waals surface area contributed by atoms with Gasteiger partial charge in [-0.2, -0.15) is 0 Å². The van der Waals surface area contributed by atoms with Crippen LogP contribution < -0.4 is 10.9 Å². The lowest BCUT2D eigenvalue weighted by molar-refractivity contribution is -0.128. The number of ether oxygens (including phenoxy) is 2. The number of aryl methyl sites for hydroxylation is 1. The maximum atomic E-state index is 14.6. The topological polar surface area (TPSA) is 145 Å². The molecule has 1 N–H and O–H groups in total. The maximum absolute atomic E-state index is 14.6. The quantitative estimate of drug-likeness (QED) is 0.275. The maximum Gasteiger partial charge on any atom is 0.419 e. The van der Waals surface area contributed by atoms with Crippen molar-refractivity contribution in [2.45, 2.75) is 84.5 Å². The van der Waals surface area contributed by atoms with Gasteiger partial charge in [-0.1, -0.05) is 13.3 Å². The Labute approximate surface area is 273 Å². The van der Waals surface area contributed by atoms with E-state index in [-0.39, 0.29) is 31.0 Å². The number of rotatable bonds is 12. The summed E-state index contributed by atoms with van der Waals surface area (Å²) in [6.45, 7) is 6.98. The Hall–Kier alpha value is -4.75. The van der Waals surface area contributed by atoms with Crippen LogP contribution in [0.1, 0.15) is 71.1 Å². The summed E-state index contributed by atoms with van der Waals surface area (Å²) < 4.78 is 28.2. The second-order valence-electron chi connectivity index (χ2n) is 12.7. The van der Waals surface area contributed by atoms with E-state index in [9.17, 15) is 28.4 Å². The molecule has 0 radical (unpaired) electrons. The first kappa shape index (κ1) is 36.7. The summed E-state index contributed by atoms with van der Waals surface area (Å²) in [6.07, 6.45) is 2.24. The number of aromatic nitrogens is 3. The number of hydrogen-bond donors (Lipinski definition) is 1. The summed E-state index contributed by atoms with van der Waals surface area (Å²) in [7, 11) is 6.25. The Morgan fingerprint density at radius 1 is 1.04 bits per heavy atom. The SMILES string of the molecule is CCCc1cc(F)cc2cc(Cn3cncc(NC(=O)[C@H](CCCCC(=O)N(C)C)OC(=O)N(C)C)c3=O)n(C(=O)OC(C)(C)C)c12. The number of fused-ring (bicyclic) bond motifs is 1. The van der Waals surface area contributed by atoms with Gasteiger partial charge < -0.3 is 24.6 Å². The fraction of sp³-hybridized carbons (Fsp3) is 0.515. The summed E-state index contributed by atoms with van der Waals surface area (Å²) in [5.41, 5.74) is -0.189. The molecule has 1 atom stereocenters. The molecule has 0 saturated carbocycles. The number of carbonyl (C=O) groups excluding carboxylic acids is 4. The number of nitrogens with one attached hydrogen (secondary N) is 1. The number of amides is 3. The Kier molecular flexibility index (Phi) is 12.3. The van der Waals surface area contributed by atoms with Crippen LogP contribution in [0.2, 0.25) is 0 Å². The van der Waals surface area contributed by atoms with E-state index in [2.05, 4.69) is 10.3 Å². The zero-order chi connectivity index (χ0) is 35.1. The Bertz CT molecular complexity index is 1670. The van der Waals surface area contributed by atoms with Gasteiger partial charge in [-0.3, -0.25) is 19.0 Å². The van der Waals surface area contributed by atoms with Crippen LogP contribution >= 0.6 is 0 Å². The van der Waals surface area contributed by atoms with Gasteiger partial charge in [0.15, 0.2) is 6.10 Å². The van der Waals surface area contributed by atoms with Crippen molar-refractivity contribution in [3.8, 4) is 0 Å². The molecule has 47 heavy (non-hydrogen) atoms. The second-order valence-corrected chi connectivity index (χ2v) is 12.7. The molecule has 1 aromatic carbocycles. The minimum atomic E-state index is -1.24. The lowest BCUT2D eigenvalue weighted by Gasteiger charge is -2.22. The van der Waals surface area contributed by atoms with Crippen molar-refractivity contribution in [1.82, 2.24) is 23.9 Å². The van der Waals surface area contributed by atoms with E-state index in [1.54, 1.807) is 40.9 Å². The van der Waals surface area contributed by atoms with Gasteiger partial charge in [0.2, 0.25) is 5.91 Å². The van der Waals surface area contributed by atoms with E-state index in [0.29, 0.717) is 47.8 Å². The molecule has 0 spiro atoms. The van der Waals surface area contributed by atoms with Crippen LogP contribution in [0.25, 0.3) is 10.9 Å². The van der Waals surface area contributed by atoms with Crippen LogP contribution in [0.3, 0.4) is 0 Å². The van der Waals surface area contributed by atoms with E-state index < -0.39 is 41.2 Å². The second kappa shape index (κ2) is 15.7. The predicted molar refractivity (Wildman–Crippen MR) is 175 cm³/mol. The number of anilines is 1. The molecule has 0 aliphatic carbocycles. The number of nitrogens with zero attached hydrogens (tertiary/aromatic N) is 5. The van der Waals surface area contributed by atoms with Crippen LogP contribution in [-0.2, 0) is 32.0 Å². The van der Waals surface area contributed by atoms with Crippen molar-refractivity contribution in [1.29, 1.82) is 0 Å². The molecule has 0 unspecified atom stereocenters. The van der Waals surface area contributed by atoms with E-state index in [1.165, 1.54) is 57.7 Å². The molecule has 0 aliphatic rings. The number of unbranched alkanes of at least 4 members (excludes halogenated alkanes) is 1. The Morgan fingerprint density at radius 2 is 1.74 bits per heavy atom. The van der Waals surface area contributed by atoms with Gasteiger partial charge in [0, 0.05) is 40.0 Å². The number of halogens is 1. The van der Waals surface area contributed by atoms with E-state index in [0.717, 1.165) is 0 Å². The molecule has 3 aromatic rings. The van der Waals surface area contributed by atoms with Gasteiger partial charge in [-0.05, 0) is 70.2 Å². The standard InChI is InChI=1S/C33H45FN6O7/c1-9-12-21-15-23(34)16-22-17-24(40(28(21)22)32(45)47-33(2,3)4)19-39-20-35-18-25(30(39)43)36-29(42)26(46-31(44)38(7)8)13-10-11-14-27(41)37(5)6/h15-18,20,26H,9-14,19H2,1-8H3,(H,36,42)/t26-/m0/s1. The number of hydrogen-bond acceptors (Lipinski definition) is 8. The molecule has 2 heterocycles. The molecule has 0 saturated heterocycles. The van der Waals surface area contributed by atoms with Gasteiger partial charge >= 0.3 is 12.2 Å². The molecule has 14 heteroatoms. The minimum absolute atomic E-state index is 0.0652. The van der Waals surface area contributed by atoms with Gasteiger partial charge in [0.25, 0.3) is 11.5 Å². The molecule has 3 amide bonds. The monoisotopic (exact) mass is 656 g/mol. The lowest BCUT2D eigenvalue weighted by Crippen LogP contribution is -2.38. The van der Waals surface area contributed by atoms with Gasteiger partial charge in [0.05, 0.1) is 30.3 Å². The van der Waals surface area contributed by atoms with Gasteiger partial charge in [-0.15, -0.1) is 0 Å². The molecule has 13 nitrogen and oxygen atoms in total. The first-order chi connectivity index (χ1) is 22.0. The zero-order valence-corrected chi connectivity index (χ0v) is 28.4. The van der Waals surface area contributed by atoms with Crippen LogP contribution in [0, 0.1) is 5.82 Å². The third kappa shape index (κ3) is 9.87. The summed E-state index contributed by atoms with van der Waals surface area (Å²) in [6, 6.07) is 4.33. The van der Waals surface area contributed by atoms with Crippen LogP contribution in [0.15, 0.2) is 35.5 Å². The van der Waals surface area contributed by atoms with Gasteiger partial charge in [-0.25, -0.2) is 23.5 Å². The largest absolute Gasteiger partial charge is 0.443 e. The first-order valence-electron chi connectivity index (χ1n) is 15.5. The molecular weight excluding hydrogens is 611 g/mol. The number of benzene rings is 1. The van der Waals surface area contributed by atoms with Crippen molar-refractivity contribution in [2.24, 2.45) is 0 Å². The number of carbonyl (C=O) groups is 4. The van der Waals surface area contributed by atoms with E-state index >= 15 is 0 Å². The summed E-state index contributed by atoms with van der Waals surface area (Å²) in [5, 5.41) is 2.99. The van der Waals surface area contributed by atoms with E-state index in [4.69, 9.17) is 9.47 Å². The summed E-state index contributed by atoms with van der Waals surface area (Å²) >= 11 is 0. The predicted octanol–water partition coefficient (Wildman–Crippen LogP) is 4.78. The first-order valence-corrected chi connectivity index (χ1v) is 15.5. The Balaban J connectivity index is 1.94. The summed E-state index contributed by atoms with van der Waals surface area (Å²) in [4.78, 5) is 71.4. The molecule has 2 aromatic heterocycles. The average molecular weight is 657 g/mol. The van der Waals surface area contributed by atoms with Crippen molar-refractivity contribution < 1.29 is 33.0 Å². The fourth-order valence-electron chi connectivity index (χ4n) is 4.88. The highest BCUT2D eigenvalue weighted by Gasteiger charge is 2.27. The molecule has 0 aliphatic heterocycles. The Morgan fingerprint density at radius 3 is 2.36 bits per heavy atom. The van der Waals surface area contributed by atoms with Crippen LogP contribution in [-0.4, -0.2) is 87.8 Å². The van der Waals surface area contributed by atoms with Crippen molar-refractivity contribution in [3.05, 3.63) is 58.2 Å². The lowest BCUT2D eigenvalue weighted by atomic mass is 10.1. The highest BCUT2D eigenvalue weighted by molar-refractivity contribution is 5.95. The summed E-state index contributed by atoms with van der Waals surface area (Å²) in [5.74, 6) is -1.26. The molecule has 3 rings (SSSR count). The molecule has 0 fully saturated rings. The third-order valence-electron chi connectivity index (χ3n) is 7.11. The third-order valence-corrected chi connectivity index (χ3v) is 7.11. The normalized spacial score (nSPS) is 12.0. The highest BCUT2D eigenvalue weighted by Crippen LogP contribution is 2.28. The zero-order valence-electron chi connectivity index (χ0n) is 28.4. The van der Waals surface area contributed by atoms with Gasteiger partial charge in [0.1, 0.15) is 17.1 Å². The fourth-order valence-corrected chi connectivity index (χ4v) is 4.88. The minimum Gasteiger partial charge on any atom is -0.443 e. The van der Waals surface area contributed by atoms with E-state index in [1.807, 2.05) is 6.92 Å². The van der Waals surface area contributed by atoms with Crippen molar-refractivity contribution in [3.63, 3.8) is 0 Å². The molecular formula is C33H45FN6O7. The van der Waals surface area contributed by atoms with Crippen LogP contribution in [0.5, 0.6) is 0 Å². The van der Waals surface area contributed by atoms with Crippen molar-refractivity contribution >= 4 is 40.6 Å². The smallest absolute Gasteiger partial charge is 0.419 e. The highest BCUT2D eigenvalue weighted by atomic mass is 19.1.